The molecular weight excluding hydrogens is 396 g/mol. The van der Waals surface area contributed by atoms with Crippen molar-refractivity contribution >= 4 is 22.1 Å². The van der Waals surface area contributed by atoms with Gasteiger partial charge in [0.25, 0.3) is 0 Å². The van der Waals surface area contributed by atoms with Crippen LogP contribution >= 0.6 is 0 Å². The van der Waals surface area contributed by atoms with E-state index in [4.69, 9.17) is 9.47 Å². The number of amides is 1. The van der Waals surface area contributed by atoms with E-state index >= 15 is 0 Å². The number of nitrogens with zero attached hydrogens (tertiary/aromatic N) is 1. The summed E-state index contributed by atoms with van der Waals surface area (Å²) in [6.45, 7) is 7.03. The zero-order valence-corrected chi connectivity index (χ0v) is 18.0. The summed E-state index contributed by atoms with van der Waals surface area (Å²) >= 11 is 0. The molecule has 2 aliphatic heterocycles. The van der Waals surface area contributed by atoms with Crippen LogP contribution in [0.4, 0.5) is 4.79 Å². The molecule has 29 heavy (non-hydrogen) atoms. The van der Waals surface area contributed by atoms with Gasteiger partial charge in [0.15, 0.2) is 0 Å². The molecule has 2 heterocycles. The molecule has 0 unspecified atom stereocenters. The molecule has 9 heteroatoms. The maximum Gasteiger partial charge on any atom is 0.411 e. The van der Waals surface area contributed by atoms with E-state index in [-0.39, 0.29) is 16.2 Å². The predicted octanol–water partition coefficient (Wildman–Crippen LogP) is 2.48. The number of fused-ring (bicyclic) bond motifs is 2. The van der Waals surface area contributed by atoms with Crippen molar-refractivity contribution in [3.05, 3.63) is 41.1 Å². The Bertz CT molecular complexity index is 960. The molecule has 0 aliphatic carbocycles. The minimum absolute atomic E-state index is 0.141. The van der Waals surface area contributed by atoms with Gasteiger partial charge in [-0.15, -0.1) is 0 Å². The van der Waals surface area contributed by atoms with Gasteiger partial charge in [0.2, 0.25) is 10.0 Å². The number of alkyl carbamates (subject to hydrolysis) is 1. The van der Waals surface area contributed by atoms with E-state index in [1.165, 1.54) is 11.4 Å². The quantitative estimate of drug-likeness (QED) is 0.748. The first-order valence-corrected chi connectivity index (χ1v) is 10.8. The van der Waals surface area contributed by atoms with E-state index in [0.29, 0.717) is 12.8 Å². The monoisotopic (exact) mass is 422 g/mol. The first kappa shape index (κ1) is 21.3. The lowest BCUT2D eigenvalue weighted by Crippen LogP contribution is -2.40. The number of rotatable bonds is 4. The molecule has 2 atom stereocenters. The van der Waals surface area contributed by atoms with E-state index < -0.39 is 39.8 Å². The molecule has 1 amide bonds. The van der Waals surface area contributed by atoms with Crippen LogP contribution in [0.25, 0.3) is 0 Å². The summed E-state index contributed by atoms with van der Waals surface area (Å²) in [5.41, 5.74) is 0.596. The molecule has 1 fully saturated rings. The van der Waals surface area contributed by atoms with E-state index in [1.54, 1.807) is 45.0 Å². The van der Waals surface area contributed by atoms with E-state index in [9.17, 15) is 18.0 Å². The van der Waals surface area contributed by atoms with Gasteiger partial charge in [0, 0.05) is 0 Å². The third-order valence-electron chi connectivity index (χ3n) is 4.92. The second kappa shape index (κ2) is 7.46. The van der Waals surface area contributed by atoms with Gasteiger partial charge in [0.1, 0.15) is 5.60 Å². The molecule has 1 aromatic rings. The number of benzene rings is 1. The van der Waals surface area contributed by atoms with Crippen molar-refractivity contribution in [1.29, 1.82) is 0 Å². The summed E-state index contributed by atoms with van der Waals surface area (Å²) in [6.07, 6.45) is 0.218. The fourth-order valence-corrected chi connectivity index (χ4v) is 5.59. The number of carbonyl (C=O) groups is 2. The molecule has 0 aromatic heterocycles. The summed E-state index contributed by atoms with van der Waals surface area (Å²) in [6, 6.07) is 5.18. The Labute approximate surface area is 170 Å². The Morgan fingerprint density at radius 3 is 2.24 bits per heavy atom. The lowest BCUT2D eigenvalue weighted by atomic mass is 9.96. The van der Waals surface area contributed by atoms with E-state index in [0.717, 1.165) is 5.56 Å². The Morgan fingerprint density at radius 2 is 1.69 bits per heavy atom. The van der Waals surface area contributed by atoms with Crippen LogP contribution in [-0.2, 0) is 24.3 Å². The summed E-state index contributed by atoms with van der Waals surface area (Å²) < 4.78 is 38.1. The third kappa shape index (κ3) is 4.02. The van der Waals surface area contributed by atoms with Crippen molar-refractivity contribution in [2.45, 2.75) is 63.1 Å². The second-order valence-corrected chi connectivity index (χ2v) is 10.0. The Hall–Kier alpha value is -2.39. The zero-order valence-electron chi connectivity index (χ0n) is 17.2. The molecule has 1 N–H and O–H groups in total. The number of nitrogens with one attached hydrogen (secondary N) is 1. The lowest BCUT2D eigenvalue weighted by molar-refractivity contribution is -0.136. The van der Waals surface area contributed by atoms with Crippen LogP contribution < -0.4 is 5.32 Å². The molecule has 3 rings (SSSR count). The van der Waals surface area contributed by atoms with Gasteiger partial charge in [-0.3, -0.25) is 5.32 Å². The Kier molecular flexibility index (Phi) is 5.48. The number of methoxy groups -OCH3 is 1. The molecule has 2 aliphatic rings. The van der Waals surface area contributed by atoms with Gasteiger partial charge >= 0.3 is 12.1 Å². The van der Waals surface area contributed by atoms with E-state index in [2.05, 4.69) is 5.32 Å². The fraction of sp³-hybridized carbons (Fsp3) is 0.500. The second-order valence-electron chi connectivity index (χ2n) is 8.20. The molecule has 2 bridgehead atoms. The Morgan fingerprint density at radius 1 is 1.10 bits per heavy atom. The molecule has 0 saturated carbocycles. The topological polar surface area (TPSA) is 102 Å². The van der Waals surface area contributed by atoms with Crippen LogP contribution in [0.1, 0.15) is 39.2 Å². The summed E-state index contributed by atoms with van der Waals surface area (Å²) in [7, 11) is -2.65. The minimum Gasteiger partial charge on any atom is -0.466 e. The summed E-state index contributed by atoms with van der Waals surface area (Å²) in [5, 5.41) is 2.61. The van der Waals surface area contributed by atoms with Gasteiger partial charge in [-0.05, 0) is 52.7 Å². The molecule has 0 spiro atoms. The molecule has 1 aromatic carbocycles. The predicted molar refractivity (Wildman–Crippen MR) is 105 cm³/mol. The number of ether oxygens (including phenoxy) is 2. The van der Waals surface area contributed by atoms with Gasteiger partial charge in [0.05, 0.1) is 35.4 Å². The molecular formula is C20H26N2O6S. The fourth-order valence-electron chi connectivity index (χ4n) is 3.78. The van der Waals surface area contributed by atoms with Crippen molar-refractivity contribution in [2.75, 3.05) is 7.11 Å². The highest BCUT2D eigenvalue weighted by Crippen LogP contribution is 2.44. The average molecular weight is 423 g/mol. The standard InChI is InChI=1S/C20H26N2O6S/c1-12-6-8-13(9-7-12)29(25,26)22-14-10-11-15(22)17(16(14)18(23)27-5)21-19(24)28-20(2,3)4/h6-9,14-15H,10-11H2,1-5H3,(H,21,24)/t14-,15+/m0/s1. The number of aryl methyl sites for hydroxylation is 1. The molecule has 0 radical (unpaired) electrons. The van der Waals surface area contributed by atoms with Crippen molar-refractivity contribution < 1.29 is 27.5 Å². The molecule has 8 nitrogen and oxygen atoms in total. The van der Waals surface area contributed by atoms with Gasteiger partial charge < -0.3 is 9.47 Å². The highest BCUT2D eigenvalue weighted by molar-refractivity contribution is 7.89. The average Bonchev–Trinajstić information content (AvgIpc) is 3.17. The first-order valence-electron chi connectivity index (χ1n) is 9.38. The van der Waals surface area contributed by atoms with Crippen molar-refractivity contribution in [3.8, 4) is 0 Å². The first-order chi connectivity index (χ1) is 13.5. The van der Waals surface area contributed by atoms with Crippen molar-refractivity contribution in [3.63, 3.8) is 0 Å². The maximum atomic E-state index is 13.3. The number of hydrogen-bond acceptors (Lipinski definition) is 6. The van der Waals surface area contributed by atoms with Crippen LogP contribution in [0.3, 0.4) is 0 Å². The third-order valence-corrected chi connectivity index (χ3v) is 6.85. The number of carbonyl (C=O) groups excluding carboxylic acids is 2. The molecule has 1 saturated heterocycles. The number of hydrogen-bond donors (Lipinski definition) is 1. The summed E-state index contributed by atoms with van der Waals surface area (Å²) in [4.78, 5) is 24.9. The smallest absolute Gasteiger partial charge is 0.411 e. The van der Waals surface area contributed by atoms with Gasteiger partial charge in [-0.25, -0.2) is 18.0 Å². The molecule has 158 valence electrons. The van der Waals surface area contributed by atoms with Crippen LogP contribution in [-0.4, -0.2) is 49.6 Å². The lowest BCUT2D eigenvalue weighted by Gasteiger charge is -2.24. The van der Waals surface area contributed by atoms with Crippen LogP contribution in [0, 0.1) is 6.92 Å². The van der Waals surface area contributed by atoms with Crippen molar-refractivity contribution in [1.82, 2.24) is 9.62 Å². The zero-order chi connectivity index (χ0) is 21.6. The largest absolute Gasteiger partial charge is 0.466 e. The highest BCUT2D eigenvalue weighted by atomic mass is 32.2. The van der Waals surface area contributed by atoms with E-state index in [1.807, 2.05) is 6.92 Å². The highest BCUT2D eigenvalue weighted by Gasteiger charge is 2.54. The summed E-state index contributed by atoms with van der Waals surface area (Å²) in [5.74, 6) is -0.660. The minimum atomic E-state index is -3.88. The SMILES string of the molecule is COC(=O)C1=C(NC(=O)OC(C)(C)C)[C@H]2CC[C@@H]1N2S(=O)(=O)c1ccc(C)cc1. The van der Waals surface area contributed by atoms with Crippen LogP contribution in [0.2, 0.25) is 0 Å². The van der Waals surface area contributed by atoms with Crippen LogP contribution in [0.5, 0.6) is 0 Å². The number of sulfonamides is 1. The van der Waals surface area contributed by atoms with Gasteiger partial charge in [-0.2, -0.15) is 4.31 Å². The normalized spacial score (nSPS) is 22.0. The van der Waals surface area contributed by atoms with Crippen molar-refractivity contribution in [2.24, 2.45) is 0 Å². The van der Waals surface area contributed by atoms with Crippen LogP contribution in [0.15, 0.2) is 40.4 Å². The maximum absolute atomic E-state index is 13.3. The number of esters is 1. The Balaban J connectivity index is 1.98. The van der Waals surface area contributed by atoms with Gasteiger partial charge in [-0.1, -0.05) is 17.7 Å².